The zero-order valence-electron chi connectivity index (χ0n) is 18.5. The van der Waals surface area contributed by atoms with Crippen LogP contribution in [-0.2, 0) is 0 Å². The highest BCUT2D eigenvalue weighted by Gasteiger charge is 2.35. The van der Waals surface area contributed by atoms with Crippen molar-refractivity contribution < 1.29 is 9.47 Å². The minimum atomic E-state index is 0.455. The fourth-order valence-corrected chi connectivity index (χ4v) is 4.71. The van der Waals surface area contributed by atoms with Gasteiger partial charge in [-0.25, -0.2) is 15.0 Å². The van der Waals surface area contributed by atoms with E-state index in [1.807, 2.05) is 24.3 Å². The first-order valence-electron chi connectivity index (χ1n) is 10.9. The lowest BCUT2D eigenvalue weighted by atomic mass is 9.98. The third-order valence-electron chi connectivity index (χ3n) is 6.45. The first-order chi connectivity index (χ1) is 15.6. The molecule has 0 amide bonds. The topological polar surface area (TPSA) is 98.2 Å². The van der Waals surface area contributed by atoms with Crippen LogP contribution in [0.1, 0.15) is 25.7 Å². The van der Waals surface area contributed by atoms with Crippen LogP contribution < -0.4 is 19.7 Å². The van der Waals surface area contributed by atoms with E-state index in [-0.39, 0.29) is 0 Å². The zero-order chi connectivity index (χ0) is 22.1. The Morgan fingerprint density at radius 1 is 0.906 bits per heavy atom. The number of nitrogens with zero attached hydrogens (tertiary/aromatic N) is 6. The smallest absolute Gasteiger partial charge is 0.223 e. The van der Waals surface area contributed by atoms with Gasteiger partial charge in [0, 0.05) is 31.2 Å². The summed E-state index contributed by atoms with van der Waals surface area (Å²) in [6.07, 6.45) is 6.33. The Balaban J connectivity index is 1.36. The van der Waals surface area contributed by atoms with Gasteiger partial charge in [-0.3, -0.25) is 0 Å². The number of methoxy groups -OCH3 is 2. The van der Waals surface area contributed by atoms with E-state index < -0.39 is 0 Å². The maximum Gasteiger partial charge on any atom is 0.223 e. The van der Waals surface area contributed by atoms with Gasteiger partial charge in [0.2, 0.25) is 11.8 Å². The summed E-state index contributed by atoms with van der Waals surface area (Å²) in [7, 11) is 5.27. The number of nitrogens with one attached hydrogen (secondary N) is 1. The third-order valence-corrected chi connectivity index (χ3v) is 6.45. The van der Waals surface area contributed by atoms with Crippen molar-refractivity contribution in [1.82, 2.24) is 30.5 Å². The Bertz CT molecular complexity index is 1080. The number of piperidine rings is 1. The van der Waals surface area contributed by atoms with Gasteiger partial charge in [0.15, 0.2) is 5.82 Å². The molecule has 2 saturated heterocycles. The quantitative estimate of drug-likeness (QED) is 0.629. The number of rotatable bonds is 6. The van der Waals surface area contributed by atoms with Crippen molar-refractivity contribution in [2.24, 2.45) is 0 Å². The fourth-order valence-electron chi connectivity index (χ4n) is 4.71. The van der Waals surface area contributed by atoms with Crippen molar-refractivity contribution >= 4 is 5.82 Å². The van der Waals surface area contributed by atoms with Gasteiger partial charge in [-0.2, -0.15) is 0 Å². The molecular formula is C23H27N7O2. The van der Waals surface area contributed by atoms with Crippen molar-refractivity contribution in [1.29, 1.82) is 0 Å². The van der Waals surface area contributed by atoms with Crippen LogP contribution in [0.25, 0.3) is 22.6 Å². The predicted octanol–water partition coefficient (Wildman–Crippen LogP) is 2.73. The minimum absolute atomic E-state index is 0.455. The summed E-state index contributed by atoms with van der Waals surface area (Å²) < 4.78 is 10.7. The molecule has 2 bridgehead atoms. The Kier molecular flexibility index (Phi) is 5.57. The molecule has 5 rings (SSSR count). The standard InChI is InChI=1S/C23H27N7O2/c1-30(16-10-14-4-5-15(11-16)26-14)21-9-8-19(28-29-21)18-7-6-17(23(27-18)32-3)20-12-22(31-2)25-13-24-20/h6-9,12-16,26H,4-5,10-11H2,1-3H3/t14-,15+,16?. The number of pyridine rings is 1. The average molecular weight is 434 g/mol. The second-order valence-electron chi connectivity index (χ2n) is 8.35. The summed E-state index contributed by atoms with van der Waals surface area (Å²) in [5.41, 5.74) is 2.81. The van der Waals surface area contributed by atoms with Gasteiger partial charge in [-0.15, -0.1) is 10.2 Å². The number of aromatic nitrogens is 5. The van der Waals surface area contributed by atoms with Gasteiger partial charge < -0.3 is 19.7 Å². The molecule has 3 atom stereocenters. The van der Waals surface area contributed by atoms with Crippen LogP contribution in [0.2, 0.25) is 0 Å². The SMILES string of the molecule is COc1cc(-c2ccc(-c3ccc(N(C)C4C[C@H]5CC[C@@H](C4)N5)nn3)nc2OC)ncn1. The van der Waals surface area contributed by atoms with Gasteiger partial charge in [0.1, 0.15) is 12.0 Å². The number of anilines is 1. The van der Waals surface area contributed by atoms with Crippen molar-refractivity contribution in [2.45, 2.75) is 43.8 Å². The van der Waals surface area contributed by atoms with Crippen LogP contribution in [0.5, 0.6) is 11.8 Å². The van der Waals surface area contributed by atoms with E-state index in [0.29, 0.717) is 47.0 Å². The first kappa shape index (κ1) is 20.6. The summed E-state index contributed by atoms with van der Waals surface area (Å²) in [4.78, 5) is 15.3. The van der Waals surface area contributed by atoms with Crippen molar-refractivity contribution in [3.05, 3.63) is 36.7 Å². The third kappa shape index (κ3) is 3.95. The highest BCUT2D eigenvalue weighted by atomic mass is 16.5. The van der Waals surface area contributed by atoms with E-state index in [1.54, 1.807) is 20.3 Å². The van der Waals surface area contributed by atoms with Crippen LogP contribution >= 0.6 is 0 Å². The first-order valence-corrected chi connectivity index (χ1v) is 10.9. The highest BCUT2D eigenvalue weighted by molar-refractivity contribution is 5.69. The maximum atomic E-state index is 5.53. The van der Waals surface area contributed by atoms with E-state index in [0.717, 1.165) is 24.2 Å². The lowest BCUT2D eigenvalue weighted by molar-refractivity contribution is 0.353. The summed E-state index contributed by atoms with van der Waals surface area (Å²) >= 11 is 0. The summed E-state index contributed by atoms with van der Waals surface area (Å²) in [6.45, 7) is 0. The molecule has 9 nitrogen and oxygen atoms in total. The number of ether oxygens (including phenoxy) is 2. The van der Waals surface area contributed by atoms with Crippen LogP contribution in [0.15, 0.2) is 36.7 Å². The molecular weight excluding hydrogens is 406 g/mol. The summed E-state index contributed by atoms with van der Waals surface area (Å²) in [5, 5.41) is 12.6. The summed E-state index contributed by atoms with van der Waals surface area (Å²) in [6, 6.07) is 11.3. The average Bonchev–Trinajstić information content (AvgIpc) is 3.20. The van der Waals surface area contributed by atoms with Gasteiger partial charge in [-0.1, -0.05) is 0 Å². The summed E-state index contributed by atoms with van der Waals surface area (Å²) in [5.74, 6) is 1.82. The van der Waals surface area contributed by atoms with Crippen molar-refractivity contribution in [3.63, 3.8) is 0 Å². The van der Waals surface area contributed by atoms with Crippen molar-refractivity contribution in [2.75, 3.05) is 26.2 Å². The van der Waals surface area contributed by atoms with Crippen LogP contribution in [0, 0.1) is 0 Å². The monoisotopic (exact) mass is 433 g/mol. The van der Waals surface area contributed by atoms with Gasteiger partial charge >= 0.3 is 0 Å². The van der Waals surface area contributed by atoms with Crippen molar-refractivity contribution in [3.8, 4) is 34.4 Å². The number of hydrogen-bond acceptors (Lipinski definition) is 9. The molecule has 9 heteroatoms. The molecule has 0 aromatic carbocycles. The normalized spacial score (nSPS) is 21.9. The van der Waals surface area contributed by atoms with E-state index in [2.05, 4.69) is 42.4 Å². The molecule has 0 spiro atoms. The molecule has 1 N–H and O–H groups in total. The van der Waals surface area contributed by atoms with Gasteiger partial charge in [0.05, 0.1) is 31.2 Å². The molecule has 3 aromatic rings. The van der Waals surface area contributed by atoms with Crippen LogP contribution in [0.4, 0.5) is 5.82 Å². The van der Waals surface area contributed by atoms with E-state index in [1.165, 1.54) is 19.2 Å². The number of fused-ring (bicyclic) bond motifs is 2. The molecule has 166 valence electrons. The lowest BCUT2D eigenvalue weighted by Gasteiger charge is -2.36. The molecule has 32 heavy (non-hydrogen) atoms. The van der Waals surface area contributed by atoms with Gasteiger partial charge in [0.25, 0.3) is 0 Å². The molecule has 3 aromatic heterocycles. The fraction of sp³-hybridized carbons (Fsp3) is 0.435. The molecule has 2 aliphatic heterocycles. The maximum absolute atomic E-state index is 5.53. The Hall–Kier alpha value is -3.33. The molecule has 2 fully saturated rings. The van der Waals surface area contributed by atoms with Crippen LogP contribution in [-0.4, -0.2) is 64.5 Å². The van der Waals surface area contributed by atoms with E-state index >= 15 is 0 Å². The molecule has 2 aliphatic rings. The molecule has 0 saturated carbocycles. The molecule has 0 aliphatic carbocycles. The molecule has 5 heterocycles. The van der Waals surface area contributed by atoms with E-state index in [4.69, 9.17) is 9.47 Å². The Labute approximate surface area is 187 Å². The predicted molar refractivity (Wildman–Crippen MR) is 121 cm³/mol. The minimum Gasteiger partial charge on any atom is -0.481 e. The Morgan fingerprint density at radius 2 is 1.69 bits per heavy atom. The number of hydrogen-bond donors (Lipinski definition) is 1. The lowest BCUT2D eigenvalue weighted by Crippen LogP contribution is -2.47. The highest BCUT2D eigenvalue weighted by Crippen LogP contribution is 2.32. The Morgan fingerprint density at radius 3 is 2.38 bits per heavy atom. The van der Waals surface area contributed by atoms with E-state index in [9.17, 15) is 0 Å². The second kappa shape index (κ2) is 8.66. The van der Waals surface area contributed by atoms with Gasteiger partial charge in [-0.05, 0) is 49.9 Å². The molecule has 0 radical (unpaired) electrons. The molecule has 1 unspecified atom stereocenters. The van der Waals surface area contributed by atoms with Crippen LogP contribution in [0.3, 0.4) is 0 Å². The second-order valence-corrected chi connectivity index (χ2v) is 8.35. The largest absolute Gasteiger partial charge is 0.481 e. The zero-order valence-corrected chi connectivity index (χ0v) is 18.5.